The number of hydrogen-bond acceptors (Lipinski definition) is 4. The highest BCUT2D eigenvalue weighted by molar-refractivity contribution is 5.98. The van der Waals surface area contributed by atoms with E-state index in [9.17, 15) is 9.59 Å². The molecule has 6 nitrogen and oxygen atoms in total. The average molecular weight is 480 g/mol. The normalized spacial score (nSPS) is 10.3. The van der Waals surface area contributed by atoms with E-state index in [0.717, 1.165) is 23.4 Å². The van der Waals surface area contributed by atoms with Crippen LogP contribution in [0.5, 0.6) is 5.75 Å². The van der Waals surface area contributed by atoms with Gasteiger partial charge in [0.15, 0.2) is 0 Å². The van der Waals surface area contributed by atoms with E-state index >= 15 is 0 Å². The van der Waals surface area contributed by atoms with E-state index in [1.165, 1.54) is 5.56 Å². The van der Waals surface area contributed by atoms with Crippen molar-refractivity contribution < 1.29 is 14.3 Å². The van der Waals surface area contributed by atoms with Gasteiger partial charge in [0.25, 0.3) is 5.91 Å². The van der Waals surface area contributed by atoms with Gasteiger partial charge in [-0.3, -0.25) is 9.59 Å². The van der Waals surface area contributed by atoms with Crippen LogP contribution in [0.4, 0.5) is 11.4 Å². The molecule has 3 N–H and O–H groups in total. The first kappa shape index (κ1) is 24.5. The van der Waals surface area contributed by atoms with Crippen molar-refractivity contribution in [2.24, 2.45) is 0 Å². The smallest absolute Gasteiger partial charge is 0.251 e. The van der Waals surface area contributed by atoms with Crippen LogP contribution in [0.1, 0.15) is 21.5 Å². The first-order valence-corrected chi connectivity index (χ1v) is 11.9. The van der Waals surface area contributed by atoms with E-state index in [1.54, 1.807) is 24.3 Å². The maximum absolute atomic E-state index is 12.5. The minimum atomic E-state index is -0.216. The third-order valence-electron chi connectivity index (χ3n) is 5.49. The fourth-order valence-electron chi connectivity index (χ4n) is 3.63. The minimum Gasteiger partial charge on any atom is -0.493 e. The third kappa shape index (κ3) is 7.74. The lowest BCUT2D eigenvalue weighted by Gasteiger charge is -2.11. The summed E-state index contributed by atoms with van der Waals surface area (Å²) in [5, 5.41) is 8.85. The van der Waals surface area contributed by atoms with Crippen LogP contribution in [-0.2, 0) is 17.8 Å². The molecule has 4 aromatic carbocycles. The van der Waals surface area contributed by atoms with Crippen molar-refractivity contribution >= 4 is 23.2 Å². The summed E-state index contributed by atoms with van der Waals surface area (Å²) in [6.45, 7) is 1.09. The van der Waals surface area contributed by atoms with Crippen LogP contribution in [-0.4, -0.2) is 25.0 Å². The van der Waals surface area contributed by atoms with Crippen molar-refractivity contribution in [1.82, 2.24) is 5.32 Å². The highest BCUT2D eigenvalue weighted by atomic mass is 16.5. The molecule has 182 valence electrons. The monoisotopic (exact) mass is 479 g/mol. The van der Waals surface area contributed by atoms with Gasteiger partial charge < -0.3 is 20.7 Å². The summed E-state index contributed by atoms with van der Waals surface area (Å²) in [6.07, 6.45) is 0.824. The van der Waals surface area contributed by atoms with Crippen LogP contribution in [0, 0.1) is 0 Å². The molecule has 6 heteroatoms. The fourth-order valence-corrected chi connectivity index (χ4v) is 3.63. The van der Waals surface area contributed by atoms with Gasteiger partial charge in [-0.05, 0) is 41.5 Å². The predicted molar refractivity (Wildman–Crippen MR) is 143 cm³/mol. The topological polar surface area (TPSA) is 79.5 Å². The third-order valence-corrected chi connectivity index (χ3v) is 5.49. The first-order chi connectivity index (χ1) is 17.7. The minimum absolute atomic E-state index is 0.0812. The Bertz CT molecular complexity index is 1280. The number of hydrogen-bond donors (Lipinski definition) is 3. The Kier molecular flexibility index (Phi) is 8.70. The van der Waals surface area contributed by atoms with Gasteiger partial charge in [-0.2, -0.15) is 0 Å². The molecule has 0 unspecified atom stereocenters. The lowest BCUT2D eigenvalue weighted by molar-refractivity contribution is -0.114. The van der Waals surface area contributed by atoms with Gasteiger partial charge in [0.05, 0.1) is 13.2 Å². The zero-order chi connectivity index (χ0) is 25.0. The second-order valence-corrected chi connectivity index (χ2v) is 8.26. The standard InChI is InChI=1S/C30H29N3O3/c34-29(22-31-26-14-8-16-28(20-26)36-18-17-23-9-3-1-4-10-23)33-27-15-7-13-25(19-27)30(35)32-21-24-11-5-2-6-12-24/h1-16,19-20,31H,17-18,21-22H2,(H,32,35)(H,33,34). The van der Waals surface area contributed by atoms with Crippen LogP contribution in [0.2, 0.25) is 0 Å². The SMILES string of the molecule is O=C(CNc1cccc(OCCc2ccccc2)c1)Nc1cccc(C(=O)NCc2ccccc2)c1. The number of carbonyl (C=O) groups is 2. The summed E-state index contributed by atoms with van der Waals surface area (Å²) in [7, 11) is 0. The molecule has 4 rings (SSSR count). The largest absolute Gasteiger partial charge is 0.493 e. The Labute approximate surface area is 211 Å². The summed E-state index contributed by atoms with van der Waals surface area (Å²) in [6, 6.07) is 34.3. The van der Waals surface area contributed by atoms with Crippen molar-refractivity contribution in [1.29, 1.82) is 0 Å². The maximum atomic E-state index is 12.5. The van der Waals surface area contributed by atoms with Gasteiger partial charge >= 0.3 is 0 Å². The van der Waals surface area contributed by atoms with Crippen LogP contribution in [0.15, 0.2) is 109 Å². The van der Waals surface area contributed by atoms with Crippen molar-refractivity contribution in [2.75, 3.05) is 23.8 Å². The molecule has 0 saturated carbocycles. The number of benzene rings is 4. The highest BCUT2D eigenvalue weighted by Gasteiger charge is 2.08. The van der Waals surface area contributed by atoms with Crippen LogP contribution < -0.4 is 20.7 Å². The summed E-state index contributed by atoms with van der Waals surface area (Å²) in [5.74, 6) is 0.329. The number of anilines is 2. The summed E-state index contributed by atoms with van der Waals surface area (Å²) in [5.41, 5.74) is 4.08. The van der Waals surface area contributed by atoms with E-state index < -0.39 is 0 Å². The fraction of sp³-hybridized carbons (Fsp3) is 0.133. The molecular weight excluding hydrogens is 450 g/mol. The summed E-state index contributed by atoms with van der Waals surface area (Å²) < 4.78 is 5.86. The molecule has 0 aliphatic carbocycles. The molecule has 0 aliphatic heterocycles. The van der Waals surface area contributed by atoms with Gasteiger partial charge in [0, 0.05) is 36.0 Å². The molecule has 0 radical (unpaired) electrons. The van der Waals surface area contributed by atoms with Crippen molar-refractivity contribution in [2.45, 2.75) is 13.0 Å². The molecule has 0 heterocycles. The molecule has 0 aromatic heterocycles. The van der Waals surface area contributed by atoms with Crippen molar-refractivity contribution in [3.63, 3.8) is 0 Å². The average Bonchev–Trinajstić information content (AvgIpc) is 2.92. The molecule has 2 amide bonds. The van der Waals surface area contributed by atoms with Crippen LogP contribution in [0.3, 0.4) is 0 Å². The summed E-state index contributed by atoms with van der Waals surface area (Å²) >= 11 is 0. The summed E-state index contributed by atoms with van der Waals surface area (Å²) in [4.78, 5) is 25.0. The Morgan fingerprint density at radius 3 is 2.17 bits per heavy atom. The van der Waals surface area contributed by atoms with Gasteiger partial charge in [0.2, 0.25) is 5.91 Å². The number of amides is 2. The van der Waals surface area contributed by atoms with Gasteiger partial charge in [-0.1, -0.05) is 72.8 Å². The predicted octanol–water partition coefficient (Wildman–Crippen LogP) is 5.29. The molecular formula is C30H29N3O3. The van der Waals surface area contributed by atoms with Crippen molar-refractivity contribution in [3.05, 3.63) is 126 Å². The molecule has 0 bridgehead atoms. The lowest BCUT2D eigenvalue weighted by Crippen LogP contribution is -2.24. The zero-order valence-corrected chi connectivity index (χ0v) is 19.9. The molecule has 0 aliphatic rings. The Morgan fingerprint density at radius 2 is 1.39 bits per heavy atom. The van der Waals surface area contributed by atoms with Crippen molar-refractivity contribution in [3.8, 4) is 5.75 Å². The Morgan fingerprint density at radius 1 is 0.694 bits per heavy atom. The highest BCUT2D eigenvalue weighted by Crippen LogP contribution is 2.18. The van der Waals surface area contributed by atoms with E-state index in [1.807, 2.05) is 72.8 Å². The number of nitrogens with one attached hydrogen (secondary N) is 3. The van der Waals surface area contributed by atoms with E-state index in [4.69, 9.17) is 4.74 Å². The van der Waals surface area contributed by atoms with Crippen LogP contribution >= 0.6 is 0 Å². The molecule has 0 spiro atoms. The number of ether oxygens (including phenoxy) is 1. The second-order valence-electron chi connectivity index (χ2n) is 8.26. The number of rotatable bonds is 11. The maximum Gasteiger partial charge on any atom is 0.251 e. The van der Waals surface area contributed by atoms with Gasteiger partial charge in [0.1, 0.15) is 5.75 Å². The molecule has 4 aromatic rings. The van der Waals surface area contributed by atoms with E-state index in [2.05, 4.69) is 28.1 Å². The number of carbonyl (C=O) groups excluding carboxylic acids is 2. The second kappa shape index (κ2) is 12.8. The molecule has 0 atom stereocenters. The van der Waals surface area contributed by atoms with E-state index in [-0.39, 0.29) is 18.4 Å². The molecule has 0 fully saturated rings. The molecule has 0 saturated heterocycles. The van der Waals surface area contributed by atoms with Crippen LogP contribution in [0.25, 0.3) is 0 Å². The Balaban J connectivity index is 1.23. The van der Waals surface area contributed by atoms with E-state index in [0.29, 0.717) is 24.4 Å². The lowest BCUT2D eigenvalue weighted by atomic mass is 10.1. The molecule has 36 heavy (non-hydrogen) atoms. The first-order valence-electron chi connectivity index (χ1n) is 11.9. The van der Waals surface area contributed by atoms with Gasteiger partial charge in [-0.15, -0.1) is 0 Å². The Hall–Kier alpha value is -4.58. The van der Waals surface area contributed by atoms with Gasteiger partial charge in [-0.25, -0.2) is 0 Å². The zero-order valence-electron chi connectivity index (χ0n) is 19.9. The quantitative estimate of drug-likeness (QED) is 0.273.